The van der Waals surface area contributed by atoms with Crippen LogP contribution in [0.2, 0.25) is 0 Å². The van der Waals surface area contributed by atoms with Gasteiger partial charge in [-0.15, -0.1) is 0 Å². The average Bonchev–Trinajstić information content (AvgIpc) is 3.24. The molecule has 1 N–H and O–H groups in total. The van der Waals surface area contributed by atoms with Crippen LogP contribution in [0.15, 0.2) is 66.9 Å². The fourth-order valence-electron chi connectivity index (χ4n) is 3.70. The zero-order valence-corrected chi connectivity index (χ0v) is 19.0. The van der Waals surface area contributed by atoms with E-state index in [-0.39, 0.29) is 12.2 Å². The minimum Gasteiger partial charge on any atom is -0.488 e. The number of hydrogen-bond acceptors (Lipinski definition) is 4. The van der Waals surface area contributed by atoms with Crippen molar-refractivity contribution in [1.29, 1.82) is 0 Å². The number of nitrogens with zero attached hydrogens (tertiary/aromatic N) is 1. The molecule has 6 heteroatoms. The first-order valence-electron chi connectivity index (χ1n) is 10.9. The second-order valence-electron chi connectivity index (χ2n) is 7.53. The van der Waals surface area contributed by atoms with Gasteiger partial charge in [-0.25, -0.2) is 0 Å². The van der Waals surface area contributed by atoms with Gasteiger partial charge in [0.25, 0.3) is 0 Å². The third-order valence-corrected chi connectivity index (χ3v) is 5.42. The van der Waals surface area contributed by atoms with Gasteiger partial charge in [-0.2, -0.15) is 0 Å². The highest BCUT2D eigenvalue weighted by Crippen LogP contribution is 2.30. The summed E-state index contributed by atoms with van der Waals surface area (Å²) in [4.78, 5) is 17.8. The van der Waals surface area contributed by atoms with Gasteiger partial charge in [0.15, 0.2) is 6.29 Å². The predicted molar refractivity (Wildman–Crippen MR) is 127 cm³/mol. The van der Waals surface area contributed by atoms with E-state index in [4.69, 9.17) is 14.2 Å². The van der Waals surface area contributed by atoms with E-state index in [9.17, 15) is 4.79 Å². The number of methoxy groups -OCH3 is 2. The first-order valence-corrected chi connectivity index (χ1v) is 10.9. The SMILES string of the molecule is C/C=C/C(=O)N(CCc1c[nH]c2cccc(OCc3ccccc3)c12)CCC(OC)OC. The van der Waals surface area contributed by atoms with Crippen molar-refractivity contribution in [1.82, 2.24) is 9.88 Å². The van der Waals surface area contributed by atoms with E-state index in [1.165, 1.54) is 0 Å². The van der Waals surface area contributed by atoms with Crippen LogP contribution in [0.3, 0.4) is 0 Å². The molecule has 2 aromatic carbocycles. The monoisotopic (exact) mass is 436 g/mol. The summed E-state index contributed by atoms with van der Waals surface area (Å²) < 4.78 is 16.7. The number of benzene rings is 2. The van der Waals surface area contributed by atoms with Crippen molar-refractivity contribution in [2.24, 2.45) is 0 Å². The Morgan fingerprint density at radius 3 is 2.56 bits per heavy atom. The molecule has 0 atom stereocenters. The maximum atomic E-state index is 12.6. The molecule has 0 saturated carbocycles. The average molecular weight is 437 g/mol. The second kappa shape index (κ2) is 12.1. The van der Waals surface area contributed by atoms with Crippen LogP contribution in [0.5, 0.6) is 5.75 Å². The molecule has 0 aliphatic heterocycles. The van der Waals surface area contributed by atoms with Gasteiger partial charge < -0.3 is 24.1 Å². The largest absolute Gasteiger partial charge is 0.488 e. The molecule has 0 unspecified atom stereocenters. The Balaban J connectivity index is 1.73. The number of allylic oxidation sites excluding steroid dienone is 1. The molecule has 0 saturated heterocycles. The normalized spacial score (nSPS) is 11.5. The molecule has 0 fully saturated rings. The van der Waals surface area contributed by atoms with Crippen LogP contribution in [-0.4, -0.2) is 49.4 Å². The Bertz CT molecular complexity index is 1010. The minimum absolute atomic E-state index is 0.0150. The number of aromatic amines is 1. The molecule has 3 aromatic rings. The lowest BCUT2D eigenvalue weighted by atomic mass is 10.1. The molecule has 1 aromatic heterocycles. The fourth-order valence-corrected chi connectivity index (χ4v) is 3.70. The molecule has 0 bridgehead atoms. The summed E-state index contributed by atoms with van der Waals surface area (Å²) in [6.07, 6.45) is 6.35. The lowest BCUT2D eigenvalue weighted by molar-refractivity contribution is -0.130. The molecular weight excluding hydrogens is 404 g/mol. The van der Waals surface area contributed by atoms with Gasteiger partial charge in [0, 0.05) is 50.8 Å². The lowest BCUT2D eigenvalue weighted by Gasteiger charge is -2.23. The summed E-state index contributed by atoms with van der Waals surface area (Å²) in [5.74, 6) is 0.826. The Morgan fingerprint density at radius 2 is 1.84 bits per heavy atom. The number of carbonyl (C=O) groups excluding carboxylic acids is 1. The van der Waals surface area contributed by atoms with E-state index in [1.54, 1.807) is 26.4 Å². The maximum Gasteiger partial charge on any atom is 0.246 e. The number of amides is 1. The number of carbonyl (C=O) groups is 1. The van der Waals surface area contributed by atoms with Crippen molar-refractivity contribution in [3.63, 3.8) is 0 Å². The third kappa shape index (κ3) is 6.22. The van der Waals surface area contributed by atoms with Crippen LogP contribution in [0.4, 0.5) is 0 Å². The zero-order chi connectivity index (χ0) is 22.8. The molecule has 3 rings (SSSR count). The molecule has 32 heavy (non-hydrogen) atoms. The third-order valence-electron chi connectivity index (χ3n) is 5.42. The highest BCUT2D eigenvalue weighted by Gasteiger charge is 2.16. The maximum absolute atomic E-state index is 12.6. The van der Waals surface area contributed by atoms with Crippen molar-refractivity contribution in [2.75, 3.05) is 27.3 Å². The number of aromatic nitrogens is 1. The van der Waals surface area contributed by atoms with Crippen LogP contribution in [-0.2, 0) is 27.3 Å². The quantitative estimate of drug-likeness (QED) is 0.330. The molecule has 1 amide bonds. The van der Waals surface area contributed by atoms with Gasteiger partial charge >= 0.3 is 0 Å². The number of H-pyrrole nitrogens is 1. The summed E-state index contributed by atoms with van der Waals surface area (Å²) in [5, 5.41) is 1.06. The van der Waals surface area contributed by atoms with Crippen molar-refractivity contribution in [2.45, 2.75) is 32.7 Å². The van der Waals surface area contributed by atoms with Gasteiger partial charge in [0.1, 0.15) is 12.4 Å². The lowest BCUT2D eigenvalue weighted by Crippen LogP contribution is -2.34. The van der Waals surface area contributed by atoms with Crippen molar-refractivity contribution < 1.29 is 19.0 Å². The van der Waals surface area contributed by atoms with Crippen LogP contribution in [0, 0.1) is 0 Å². The van der Waals surface area contributed by atoms with Gasteiger partial charge in [-0.05, 0) is 42.7 Å². The summed E-state index contributed by atoms with van der Waals surface area (Å²) >= 11 is 0. The van der Waals surface area contributed by atoms with Gasteiger partial charge in [-0.3, -0.25) is 4.79 Å². The molecule has 0 spiro atoms. The summed E-state index contributed by atoms with van der Waals surface area (Å²) in [6, 6.07) is 16.1. The summed E-state index contributed by atoms with van der Waals surface area (Å²) in [6.45, 7) is 3.49. The van der Waals surface area contributed by atoms with Crippen LogP contribution in [0.1, 0.15) is 24.5 Å². The number of ether oxygens (including phenoxy) is 3. The fraction of sp³-hybridized carbons (Fsp3) is 0.346. The standard InChI is InChI=1S/C26H32N2O4/c1-4-9-24(29)28(17-15-25(30-2)31-3)16-14-21-18-27-22-12-8-13-23(26(21)22)32-19-20-10-6-5-7-11-20/h4-13,18,25,27H,14-17,19H2,1-3H3/b9-4+. The Hall–Kier alpha value is -3.09. The smallest absolute Gasteiger partial charge is 0.246 e. The van der Waals surface area contributed by atoms with Crippen LogP contribution < -0.4 is 4.74 Å². The Labute approximate surface area is 189 Å². The van der Waals surface area contributed by atoms with Crippen LogP contribution in [0.25, 0.3) is 10.9 Å². The zero-order valence-electron chi connectivity index (χ0n) is 19.0. The van der Waals surface area contributed by atoms with Crippen molar-refractivity contribution in [3.05, 3.63) is 78.0 Å². The molecule has 1 heterocycles. The topological polar surface area (TPSA) is 63.8 Å². The summed E-state index contributed by atoms with van der Waals surface area (Å²) in [5.41, 5.74) is 3.27. The molecule has 0 aliphatic carbocycles. The van der Waals surface area contributed by atoms with E-state index in [0.29, 0.717) is 32.5 Å². The van der Waals surface area contributed by atoms with E-state index in [2.05, 4.69) is 17.1 Å². The number of nitrogens with one attached hydrogen (secondary N) is 1. The number of rotatable bonds is 12. The van der Waals surface area contributed by atoms with E-state index in [0.717, 1.165) is 27.8 Å². The Morgan fingerprint density at radius 1 is 1.06 bits per heavy atom. The van der Waals surface area contributed by atoms with Gasteiger partial charge in [0.2, 0.25) is 5.91 Å². The minimum atomic E-state index is -0.331. The molecule has 6 nitrogen and oxygen atoms in total. The number of hydrogen-bond donors (Lipinski definition) is 1. The van der Waals surface area contributed by atoms with E-state index in [1.807, 2.05) is 54.4 Å². The first kappa shape index (κ1) is 23.6. The van der Waals surface area contributed by atoms with Crippen molar-refractivity contribution in [3.8, 4) is 5.75 Å². The Kier molecular flexibility index (Phi) is 8.90. The second-order valence-corrected chi connectivity index (χ2v) is 7.53. The van der Waals surface area contributed by atoms with Crippen molar-refractivity contribution >= 4 is 16.8 Å². The molecule has 0 radical (unpaired) electrons. The van der Waals surface area contributed by atoms with Gasteiger partial charge in [0.05, 0.1) is 0 Å². The number of fused-ring (bicyclic) bond motifs is 1. The molecule has 170 valence electrons. The first-order chi connectivity index (χ1) is 15.7. The predicted octanol–water partition coefficient (Wildman–Crippen LogP) is 4.70. The van der Waals surface area contributed by atoms with Crippen LogP contribution >= 0.6 is 0 Å². The summed E-state index contributed by atoms with van der Waals surface area (Å²) in [7, 11) is 3.21. The molecular formula is C26H32N2O4. The molecule has 0 aliphatic rings. The van der Waals surface area contributed by atoms with E-state index >= 15 is 0 Å². The highest BCUT2D eigenvalue weighted by atomic mass is 16.7. The highest BCUT2D eigenvalue weighted by molar-refractivity contribution is 5.90. The van der Waals surface area contributed by atoms with E-state index < -0.39 is 0 Å². The van der Waals surface area contributed by atoms with Gasteiger partial charge in [-0.1, -0.05) is 42.5 Å².